The second kappa shape index (κ2) is 6.20. The van der Waals surface area contributed by atoms with E-state index in [2.05, 4.69) is 29.2 Å². The first kappa shape index (κ1) is 15.1. The molecule has 1 aliphatic heterocycles. The largest absolute Gasteiger partial charge is 0.339 e. The van der Waals surface area contributed by atoms with Gasteiger partial charge in [-0.25, -0.2) is 0 Å². The summed E-state index contributed by atoms with van der Waals surface area (Å²) in [5, 5.41) is 6.02. The van der Waals surface area contributed by atoms with Crippen LogP contribution in [0.15, 0.2) is 46.3 Å². The van der Waals surface area contributed by atoms with E-state index in [-0.39, 0.29) is 11.8 Å². The van der Waals surface area contributed by atoms with Crippen LogP contribution in [-0.4, -0.2) is 22.6 Å². The fourth-order valence-corrected chi connectivity index (χ4v) is 3.59. The molecule has 0 saturated carbocycles. The molecule has 0 bridgehead atoms. The van der Waals surface area contributed by atoms with Crippen molar-refractivity contribution in [1.29, 1.82) is 0 Å². The molecule has 1 atom stereocenters. The molecule has 0 N–H and O–H groups in total. The van der Waals surface area contributed by atoms with Crippen molar-refractivity contribution in [1.82, 2.24) is 10.1 Å². The van der Waals surface area contributed by atoms with Crippen molar-refractivity contribution < 1.29 is 9.32 Å². The van der Waals surface area contributed by atoms with Gasteiger partial charge < -0.3 is 9.42 Å². The van der Waals surface area contributed by atoms with E-state index in [1.807, 2.05) is 29.6 Å². The van der Waals surface area contributed by atoms with E-state index in [9.17, 15) is 4.79 Å². The molecule has 0 radical (unpaired) electrons. The molecule has 1 aliphatic rings. The number of thiophene rings is 1. The molecule has 0 unspecified atom stereocenters. The topological polar surface area (TPSA) is 59.2 Å². The number of benzene rings is 1. The number of carbonyl (C=O) groups excluding carboxylic acids is 1. The van der Waals surface area contributed by atoms with Crippen LogP contribution in [0.4, 0.5) is 5.69 Å². The summed E-state index contributed by atoms with van der Waals surface area (Å²) >= 11 is 1.57. The molecule has 5 nitrogen and oxygen atoms in total. The predicted octanol–water partition coefficient (Wildman–Crippen LogP) is 3.88. The highest BCUT2D eigenvalue weighted by Gasteiger charge is 2.35. The monoisotopic (exact) mass is 339 g/mol. The van der Waals surface area contributed by atoms with Crippen LogP contribution in [0.25, 0.3) is 10.7 Å². The van der Waals surface area contributed by atoms with Crippen LogP contribution in [0.5, 0.6) is 0 Å². The SMILES string of the molecule is CCc1ccc(N2C[C@@H](c3nc(-c4cccs4)no3)CC2=O)cc1. The first-order valence-corrected chi connectivity index (χ1v) is 8.89. The highest BCUT2D eigenvalue weighted by molar-refractivity contribution is 7.13. The lowest BCUT2D eigenvalue weighted by Gasteiger charge is -2.16. The number of carbonyl (C=O) groups is 1. The molecule has 24 heavy (non-hydrogen) atoms. The molecule has 3 aromatic rings. The molecule has 1 aromatic carbocycles. The number of hydrogen-bond donors (Lipinski definition) is 0. The molecule has 2 aromatic heterocycles. The smallest absolute Gasteiger partial charge is 0.232 e. The Hall–Kier alpha value is -2.47. The molecular weight excluding hydrogens is 322 g/mol. The van der Waals surface area contributed by atoms with Gasteiger partial charge in [-0.3, -0.25) is 4.79 Å². The minimum absolute atomic E-state index is 0.0513. The van der Waals surface area contributed by atoms with Crippen molar-refractivity contribution in [2.45, 2.75) is 25.7 Å². The van der Waals surface area contributed by atoms with E-state index >= 15 is 0 Å². The molecule has 4 rings (SSSR count). The minimum atomic E-state index is -0.0513. The summed E-state index contributed by atoms with van der Waals surface area (Å²) in [7, 11) is 0. The Kier molecular flexibility index (Phi) is 3.90. The van der Waals surface area contributed by atoms with Gasteiger partial charge in [-0.05, 0) is 35.6 Å². The Morgan fingerprint density at radius 2 is 2.12 bits per heavy atom. The Morgan fingerprint density at radius 1 is 1.29 bits per heavy atom. The summed E-state index contributed by atoms with van der Waals surface area (Å²) in [5.41, 5.74) is 2.19. The van der Waals surface area contributed by atoms with Gasteiger partial charge in [-0.1, -0.05) is 30.3 Å². The van der Waals surface area contributed by atoms with Gasteiger partial charge >= 0.3 is 0 Å². The van der Waals surface area contributed by atoms with E-state index in [4.69, 9.17) is 4.52 Å². The molecule has 0 spiro atoms. The molecule has 3 heterocycles. The Labute approximate surface area is 143 Å². The summed E-state index contributed by atoms with van der Waals surface area (Å²) < 4.78 is 5.41. The van der Waals surface area contributed by atoms with Crippen molar-refractivity contribution >= 4 is 22.9 Å². The molecular formula is C18H17N3O2S. The zero-order valence-corrected chi connectivity index (χ0v) is 14.1. The normalized spacial score (nSPS) is 17.6. The summed E-state index contributed by atoms with van der Waals surface area (Å²) in [6.07, 6.45) is 1.39. The van der Waals surface area contributed by atoms with Crippen molar-refractivity contribution in [2.75, 3.05) is 11.4 Å². The zero-order valence-electron chi connectivity index (χ0n) is 13.3. The van der Waals surface area contributed by atoms with Gasteiger partial charge in [0, 0.05) is 18.7 Å². The van der Waals surface area contributed by atoms with Gasteiger partial charge in [0.25, 0.3) is 0 Å². The van der Waals surface area contributed by atoms with E-state index in [1.54, 1.807) is 16.2 Å². The van der Waals surface area contributed by atoms with Crippen LogP contribution in [0.2, 0.25) is 0 Å². The van der Waals surface area contributed by atoms with E-state index in [0.717, 1.165) is 17.0 Å². The number of amides is 1. The maximum atomic E-state index is 12.4. The molecule has 1 fully saturated rings. The molecule has 1 amide bonds. The van der Waals surface area contributed by atoms with Gasteiger partial charge in [0.1, 0.15) is 0 Å². The highest BCUT2D eigenvalue weighted by Crippen LogP contribution is 2.32. The van der Waals surface area contributed by atoms with Crippen LogP contribution in [-0.2, 0) is 11.2 Å². The number of nitrogens with zero attached hydrogens (tertiary/aromatic N) is 3. The number of hydrogen-bond acceptors (Lipinski definition) is 5. The lowest BCUT2D eigenvalue weighted by molar-refractivity contribution is -0.117. The quantitative estimate of drug-likeness (QED) is 0.724. The van der Waals surface area contributed by atoms with E-state index < -0.39 is 0 Å². The number of aryl methyl sites for hydroxylation is 1. The van der Waals surface area contributed by atoms with Crippen LogP contribution in [0, 0.1) is 0 Å². The third kappa shape index (κ3) is 2.73. The van der Waals surface area contributed by atoms with Gasteiger partial charge in [-0.15, -0.1) is 11.3 Å². The van der Waals surface area contributed by atoms with Crippen molar-refractivity contribution in [2.24, 2.45) is 0 Å². The van der Waals surface area contributed by atoms with Crippen LogP contribution in [0.1, 0.15) is 30.7 Å². The summed E-state index contributed by atoms with van der Waals surface area (Å²) in [4.78, 5) is 19.6. The molecule has 0 aliphatic carbocycles. The number of rotatable bonds is 4. The first-order valence-electron chi connectivity index (χ1n) is 8.01. The first-order chi connectivity index (χ1) is 11.7. The molecule has 1 saturated heterocycles. The summed E-state index contributed by atoms with van der Waals surface area (Å²) in [6.45, 7) is 2.70. The minimum Gasteiger partial charge on any atom is -0.339 e. The Morgan fingerprint density at radius 3 is 2.83 bits per heavy atom. The van der Waals surface area contributed by atoms with Gasteiger partial charge in [-0.2, -0.15) is 4.98 Å². The van der Waals surface area contributed by atoms with Gasteiger partial charge in [0.15, 0.2) is 0 Å². The second-order valence-corrected chi connectivity index (χ2v) is 6.81. The van der Waals surface area contributed by atoms with Crippen molar-refractivity contribution in [3.63, 3.8) is 0 Å². The summed E-state index contributed by atoms with van der Waals surface area (Å²) in [6, 6.07) is 12.1. The van der Waals surface area contributed by atoms with Crippen molar-refractivity contribution in [3.05, 3.63) is 53.2 Å². The zero-order chi connectivity index (χ0) is 16.5. The lowest BCUT2D eigenvalue weighted by Crippen LogP contribution is -2.24. The maximum Gasteiger partial charge on any atom is 0.232 e. The van der Waals surface area contributed by atoms with E-state index in [1.165, 1.54) is 5.56 Å². The number of anilines is 1. The average molecular weight is 339 g/mol. The lowest BCUT2D eigenvalue weighted by atomic mass is 10.1. The van der Waals surface area contributed by atoms with Crippen LogP contribution >= 0.6 is 11.3 Å². The third-order valence-electron chi connectivity index (χ3n) is 4.31. The van der Waals surface area contributed by atoms with Gasteiger partial charge in [0.2, 0.25) is 17.6 Å². The van der Waals surface area contributed by atoms with Crippen LogP contribution in [0.3, 0.4) is 0 Å². The summed E-state index contributed by atoms with van der Waals surface area (Å²) in [5.74, 6) is 1.18. The fourth-order valence-electron chi connectivity index (χ4n) is 2.94. The second-order valence-electron chi connectivity index (χ2n) is 5.86. The standard InChI is InChI=1S/C18H17N3O2S/c1-2-12-5-7-14(8-6-12)21-11-13(10-16(21)22)18-19-17(20-23-18)15-4-3-9-24-15/h3-9,13H,2,10-11H2,1H3/t13-/m0/s1. The van der Waals surface area contributed by atoms with Crippen LogP contribution < -0.4 is 4.90 Å². The highest BCUT2D eigenvalue weighted by atomic mass is 32.1. The third-order valence-corrected chi connectivity index (χ3v) is 5.18. The Balaban J connectivity index is 1.53. The van der Waals surface area contributed by atoms with E-state index in [0.29, 0.717) is 24.7 Å². The van der Waals surface area contributed by atoms with Gasteiger partial charge in [0.05, 0.1) is 10.8 Å². The average Bonchev–Trinajstić information content (AvgIpc) is 3.34. The predicted molar refractivity (Wildman–Crippen MR) is 93.1 cm³/mol. The Bertz CT molecular complexity index is 840. The molecule has 122 valence electrons. The molecule has 6 heteroatoms. The van der Waals surface area contributed by atoms with Crippen molar-refractivity contribution in [3.8, 4) is 10.7 Å². The number of aromatic nitrogens is 2. The fraction of sp³-hybridized carbons (Fsp3) is 0.278. The maximum absolute atomic E-state index is 12.4.